The summed E-state index contributed by atoms with van der Waals surface area (Å²) in [4.78, 5) is 49.1. The highest BCUT2D eigenvalue weighted by Gasteiger charge is 2.25. The van der Waals surface area contributed by atoms with Gasteiger partial charge in [0.25, 0.3) is 0 Å². The van der Waals surface area contributed by atoms with Crippen LogP contribution >= 0.6 is 0 Å². The Balaban J connectivity index is 1.89. The van der Waals surface area contributed by atoms with Crippen LogP contribution < -0.4 is 18.9 Å². The number of halogens is 1. The van der Waals surface area contributed by atoms with Crippen molar-refractivity contribution >= 4 is 23.9 Å². The van der Waals surface area contributed by atoms with E-state index in [-0.39, 0.29) is 46.8 Å². The quantitative estimate of drug-likeness (QED) is 0.0593. The minimum Gasteiger partial charge on any atom is -0.423 e. The Morgan fingerprint density at radius 1 is 0.673 bits per heavy atom. The lowest BCUT2D eigenvalue weighted by Gasteiger charge is -2.20. The van der Waals surface area contributed by atoms with Crippen molar-refractivity contribution in [2.24, 2.45) is 0 Å². The maximum absolute atomic E-state index is 13.7. The number of carbonyl (C=O) groups excluding carboxylic acids is 4. The van der Waals surface area contributed by atoms with Gasteiger partial charge in [-0.25, -0.2) is 19.2 Å². The van der Waals surface area contributed by atoms with Crippen LogP contribution in [0.3, 0.4) is 0 Å². The van der Waals surface area contributed by atoms with Gasteiger partial charge in [-0.1, -0.05) is 74.6 Å². The summed E-state index contributed by atoms with van der Waals surface area (Å²) in [6.45, 7) is 16.5. The number of benzene rings is 4. The van der Waals surface area contributed by atoms with Crippen molar-refractivity contribution in [1.29, 1.82) is 0 Å². The highest BCUT2D eigenvalue weighted by atomic mass is 19.1. The highest BCUT2D eigenvalue weighted by Crippen LogP contribution is 2.42. The maximum atomic E-state index is 13.7. The first kappa shape index (κ1) is 38.0. The van der Waals surface area contributed by atoms with E-state index in [1.807, 2.05) is 24.3 Å². The summed E-state index contributed by atoms with van der Waals surface area (Å²) in [6, 6.07) is 22.2. The van der Waals surface area contributed by atoms with Crippen LogP contribution in [-0.4, -0.2) is 30.6 Å². The molecule has 4 aromatic carbocycles. The average molecular weight is 699 g/mol. The zero-order valence-corrected chi connectivity index (χ0v) is 28.8. The molecular formula is C43H35FO8. The zero-order valence-electron chi connectivity index (χ0n) is 28.8. The largest absolute Gasteiger partial charge is 0.423 e. The average Bonchev–Trinajstić information content (AvgIpc) is 3.14. The fraction of sp³-hybridized carbons (Fsp3) is 0.116. The number of hydrogen-bond donors (Lipinski definition) is 0. The van der Waals surface area contributed by atoms with Gasteiger partial charge in [-0.3, -0.25) is 4.39 Å². The van der Waals surface area contributed by atoms with E-state index in [0.29, 0.717) is 28.0 Å². The van der Waals surface area contributed by atoms with Crippen molar-refractivity contribution in [1.82, 2.24) is 0 Å². The van der Waals surface area contributed by atoms with Gasteiger partial charge >= 0.3 is 23.9 Å². The predicted molar refractivity (Wildman–Crippen MR) is 197 cm³/mol. The fourth-order valence-electron chi connectivity index (χ4n) is 4.72. The first-order chi connectivity index (χ1) is 24.9. The summed E-state index contributed by atoms with van der Waals surface area (Å²) in [6.07, 6.45) is 2.35. The van der Waals surface area contributed by atoms with E-state index in [9.17, 15) is 23.6 Å². The second kappa shape index (κ2) is 17.7. The van der Waals surface area contributed by atoms with Crippen LogP contribution in [0.2, 0.25) is 0 Å². The third-order valence-electron chi connectivity index (χ3n) is 7.34. The number of esters is 4. The van der Waals surface area contributed by atoms with Crippen molar-refractivity contribution in [3.8, 4) is 57.1 Å². The highest BCUT2D eigenvalue weighted by molar-refractivity contribution is 5.92. The predicted octanol–water partition coefficient (Wildman–Crippen LogP) is 8.47. The molecule has 0 aliphatic carbocycles. The number of hydrogen-bond acceptors (Lipinski definition) is 8. The Morgan fingerprint density at radius 3 is 1.65 bits per heavy atom. The summed E-state index contributed by atoms with van der Waals surface area (Å²) in [5.74, 6) is 3.89. The Bertz CT molecular complexity index is 2110. The molecule has 8 nitrogen and oxygen atoms in total. The van der Waals surface area contributed by atoms with Gasteiger partial charge in [-0.15, -0.1) is 0 Å². The van der Waals surface area contributed by atoms with Gasteiger partial charge in [-0.2, -0.15) is 0 Å². The molecule has 0 spiro atoms. The molecule has 0 aliphatic heterocycles. The van der Waals surface area contributed by atoms with Gasteiger partial charge in [0.2, 0.25) is 0 Å². The van der Waals surface area contributed by atoms with Crippen LogP contribution in [0, 0.1) is 11.8 Å². The number of carbonyl (C=O) groups is 4. The molecule has 4 aromatic rings. The first-order valence-electron chi connectivity index (χ1n) is 16.0. The molecule has 0 unspecified atom stereocenters. The Labute approximate surface area is 301 Å². The molecule has 0 aliphatic rings. The number of alkyl halides is 1. The molecule has 52 heavy (non-hydrogen) atoms. The molecule has 0 amide bonds. The van der Waals surface area contributed by atoms with E-state index in [2.05, 4.69) is 38.2 Å². The summed E-state index contributed by atoms with van der Waals surface area (Å²) in [5.41, 5.74) is 4.07. The minimum atomic E-state index is -0.759. The topological polar surface area (TPSA) is 105 Å². The van der Waals surface area contributed by atoms with Crippen LogP contribution in [0.15, 0.2) is 128 Å². The molecule has 0 N–H and O–H groups in total. The lowest BCUT2D eigenvalue weighted by Crippen LogP contribution is -2.15. The number of rotatable bonds is 13. The third kappa shape index (κ3) is 9.89. The van der Waals surface area contributed by atoms with Crippen molar-refractivity contribution < 1.29 is 42.5 Å². The normalized spacial score (nSPS) is 10.1. The molecule has 0 radical (unpaired) electrons. The summed E-state index contributed by atoms with van der Waals surface area (Å²) in [5, 5.41) is 0. The molecule has 262 valence electrons. The molecule has 0 saturated carbocycles. The smallest absolute Gasteiger partial charge is 0.338 e. The molecule has 0 fully saturated rings. The molecule has 0 heterocycles. The third-order valence-corrected chi connectivity index (χ3v) is 7.34. The summed E-state index contributed by atoms with van der Waals surface area (Å²) < 4.78 is 35.7. The molecular weight excluding hydrogens is 663 g/mol. The minimum absolute atomic E-state index is 0.0127. The van der Waals surface area contributed by atoms with Crippen molar-refractivity contribution in [2.45, 2.75) is 26.7 Å². The SMILES string of the molecule is C=CC(=O)Oc1ccc(C#Cc2c(OC(=O)C(=C)C)cc(-c3ccc(-c4ccc(OC(=O)C=C)cc4)cc3)c(CCCF)c2OC(=O)C(=C)C)cc1. The van der Waals surface area contributed by atoms with Crippen molar-refractivity contribution in [3.63, 3.8) is 0 Å². The van der Waals surface area contributed by atoms with Gasteiger partial charge in [0.05, 0.1) is 6.67 Å². The molecule has 0 bridgehead atoms. The van der Waals surface area contributed by atoms with E-state index in [0.717, 1.165) is 23.3 Å². The Morgan fingerprint density at radius 2 is 1.15 bits per heavy atom. The second-order valence-electron chi connectivity index (χ2n) is 11.4. The van der Waals surface area contributed by atoms with E-state index in [1.54, 1.807) is 54.6 Å². The molecule has 0 aromatic heterocycles. The lowest BCUT2D eigenvalue weighted by molar-refractivity contribution is -0.130. The van der Waals surface area contributed by atoms with Crippen LogP contribution in [0.4, 0.5) is 4.39 Å². The van der Waals surface area contributed by atoms with Gasteiger partial charge in [0, 0.05) is 34.4 Å². The maximum Gasteiger partial charge on any atom is 0.338 e. The van der Waals surface area contributed by atoms with E-state index in [4.69, 9.17) is 18.9 Å². The molecule has 0 atom stereocenters. The van der Waals surface area contributed by atoms with Gasteiger partial charge in [-0.05, 0) is 91.4 Å². The standard InChI is InChI=1S/C43H35FO8/c1-7-39(45)49-33-20-11-29(12-21-33)13-24-36-38(51-42(47)27(3)4)26-37(35(10-9-25-44)41(36)52-43(48)28(5)6)32-16-14-30(15-17-32)31-18-22-34(23-19-31)50-40(46)8-2/h7-8,11-12,14-23,26H,1-3,5,9-10,25H2,4,6H3. The van der Waals surface area contributed by atoms with Gasteiger partial charge in [0.1, 0.15) is 17.1 Å². The van der Waals surface area contributed by atoms with E-state index < -0.39 is 30.6 Å². The van der Waals surface area contributed by atoms with Gasteiger partial charge < -0.3 is 18.9 Å². The zero-order chi connectivity index (χ0) is 37.8. The summed E-state index contributed by atoms with van der Waals surface area (Å²) in [7, 11) is 0. The van der Waals surface area contributed by atoms with E-state index >= 15 is 0 Å². The van der Waals surface area contributed by atoms with Crippen molar-refractivity contribution in [3.05, 3.63) is 145 Å². The van der Waals surface area contributed by atoms with Crippen LogP contribution in [0.1, 0.15) is 37.0 Å². The monoisotopic (exact) mass is 698 g/mol. The Hall–Kier alpha value is -6.79. The van der Waals surface area contributed by atoms with Gasteiger partial charge in [0.15, 0.2) is 11.5 Å². The Kier molecular flexibility index (Phi) is 13.0. The second-order valence-corrected chi connectivity index (χ2v) is 11.4. The fourth-order valence-corrected chi connectivity index (χ4v) is 4.72. The molecule has 4 rings (SSSR count). The van der Waals surface area contributed by atoms with Crippen molar-refractivity contribution in [2.75, 3.05) is 6.67 Å². The molecule has 0 saturated heterocycles. The van der Waals surface area contributed by atoms with Crippen LogP contribution in [0.5, 0.6) is 23.0 Å². The van der Waals surface area contributed by atoms with Crippen LogP contribution in [-0.2, 0) is 25.6 Å². The summed E-state index contributed by atoms with van der Waals surface area (Å²) >= 11 is 0. The lowest BCUT2D eigenvalue weighted by atomic mass is 9.91. The van der Waals surface area contributed by atoms with E-state index in [1.165, 1.54) is 13.8 Å². The number of ether oxygens (including phenoxy) is 4. The van der Waals surface area contributed by atoms with Crippen LogP contribution in [0.25, 0.3) is 22.3 Å². The first-order valence-corrected chi connectivity index (χ1v) is 16.0. The molecule has 9 heteroatoms.